The molecule has 4 rings (SSSR count). The summed E-state index contributed by atoms with van der Waals surface area (Å²) in [6.07, 6.45) is 1.66. The Kier molecular flexibility index (Phi) is 5.20. The number of amides is 1. The normalized spacial score (nSPS) is 10.6. The Balaban J connectivity index is 0.00000210. The highest BCUT2D eigenvalue weighted by atomic mass is 79.9. The van der Waals surface area contributed by atoms with E-state index in [1.165, 1.54) is 17.4 Å². The number of aromatic hydroxyl groups is 1. The molecule has 0 spiro atoms. The lowest BCUT2D eigenvalue weighted by Crippen LogP contribution is -2.11. The van der Waals surface area contributed by atoms with E-state index in [0.29, 0.717) is 5.69 Å². The van der Waals surface area contributed by atoms with E-state index in [9.17, 15) is 9.90 Å². The minimum absolute atomic E-state index is 0. The number of primary amides is 1. The van der Waals surface area contributed by atoms with E-state index in [2.05, 4.69) is 4.98 Å². The summed E-state index contributed by atoms with van der Waals surface area (Å²) in [5.41, 5.74) is 8.63. The topological polar surface area (TPSA) is 92.6 Å². The van der Waals surface area contributed by atoms with Crippen LogP contribution in [0.5, 0.6) is 5.75 Å². The number of aromatic nitrogens is 1. The van der Waals surface area contributed by atoms with Gasteiger partial charge in [-0.05, 0) is 42.5 Å². The molecule has 0 unspecified atom stereocenters. The Morgan fingerprint density at radius 2 is 2.04 bits per heavy atom. The van der Waals surface area contributed by atoms with Crippen LogP contribution in [0.4, 0.5) is 10.8 Å². The molecule has 3 N–H and O–H groups in total. The van der Waals surface area contributed by atoms with Crippen molar-refractivity contribution in [1.82, 2.24) is 4.98 Å². The second-order valence-electron chi connectivity index (χ2n) is 5.81. The molecule has 0 aliphatic heterocycles. The highest BCUT2D eigenvalue weighted by Gasteiger charge is 2.14. The summed E-state index contributed by atoms with van der Waals surface area (Å²) in [7, 11) is 1.94. The zero-order valence-electron chi connectivity index (χ0n) is 14.2. The van der Waals surface area contributed by atoms with E-state index < -0.39 is 5.91 Å². The van der Waals surface area contributed by atoms with Crippen LogP contribution in [0.1, 0.15) is 10.4 Å². The van der Waals surface area contributed by atoms with Gasteiger partial charge in [-0.3, -0.25) is 4.79 Å². The fraction of sp³-hybridized carbons (Fsp3) is 0.0526. The maximum absolute atomic E-state index is 11.4. The molecule has 4 aromatic rings. The molecule has 0 radical (unpaired) electrons. The van der Waals surface area contributed by atoms with Gasteiger partial charge < -0.3 is 20.2 Å². The Labute approximate surface area is 169 Å². The molecule has 2 aromatic heterocycles. The molecule has 27 heavy (non-hydrogen) atoms. The van der Waals surface area contributed by atoms with E-state index in [1.807, 2.05) is 41.6 Å². The van der Waals surface area contributed by atoms with Gasteiger partial charge in [0.2, 0.25) is 0 Å². The number of rotatable bonds is 4. The Morgan fingerprint density at radius 1 is 1.22 bits per heavy atom. The molecule has 0 aliphatic rings. The molecule has 8 heteroatoms. The molecule has 6 nitrogen and oxygen atoms in total. The van der Waals surface area contributed by atoms with Gasteiger partial charge in [0.1, 0.15) is 11.3 Å². The van der Waals surface area contributed by atoms with Crippen molar-refractivity contribution in [2.24, 2.45) is 5.73 Å². The molecule has 2 aromatic carbocycles. The quantitative estimate of drug-likeness (QED) is 0.474. The van der Waals surface area contributed by atoms with Crippen molar-refractivity contribution in [2.45, 2.75) is 0 Å². The number of nitrogens with zero attached hydrogens (tertiary/aromatic N) is 2. The van der Waals surface area contributed by atoms with Gasteiger partial charge in [0, 0.05) is 29.1 Å². The fourth-order valence-corrected chi connectivity index (χ4v) is 3.54. The first-order valence-corrected chi connectivity index (χ1v) is 8.70. The SMILES string of the molecule is Br.CN(c1ccc2occc2c1)c1nc(-c2ccc(O)c(C(N)=O)c2)cs1. The van der Waals surface area contributed by atoms with Crippen LogP contribution in [0.2, 0.25) is 0 Å². The number of furan rings is 1. The monoisotopic (exact) mass is 445 g/mol. The molecule has 0 saturated heterocycles. The van der Waals surface area contributed by atoms with Gasteiger partial charge in [0.15, 0.2) is 5.13 Å². The van der Waals surface area contributed by atoms with Gasteiger partial charge in [-0.2, -0.15) is 0 Å². The van der Waals surface area contributed by atoms with Gasteiger partial charge >= 0.3 is 0 Å². The molecule has 0 fully saturated rings. The molecule has 0 atom stereocenters. The van der Waals surface area contributed by atoms with Crippen LogP contribution < -0.4 is 10.6 Å². The highest BCUT2D eigenvalue weighted by Crippen LogP contribution is 2.33. The summed E-state index contributed by atoms with van der Waals surface area (Å²) in [5.74, 6) is -0.812. The predicted octanol–water partition coefficient (Wildman–Crippen LogP) is 4.71. The fourth-order valence-electron chi connectivity index (χ4n) is 2.72. The number of hydrogen-bond acceptors (Lipinski definition) is 6. The number of anilines is 2. The molecule has 0 bridgehead atoms. The average Bonchev–Trinajstić information content (AvgIpc) is 3.30. The first kappa shape index (κ1) is 18.9. The molecular formula is C19H16BrN3O3S. The number of thiazole rings is 1. The van der Waals surface area contributed by atoms with Crippen LogP contribution in [0.25, 0.3) is 22.2 Å². The van der Waals surface area contributed by atoms with Crippen LogP contribution in [0, 0.1) is 0 Å². The van der Waals surface area contributed by atoms with Crippen LogP contribution in [0.3, 0.4) is 0 Å². The summed E-state index contributed by atoms with van der Waals surface area (Å²) in [6, 6.07) is 12.6. The second kappa shape index (κ2) is 7.42. The van der Waals surface area contributed by atoms with Crippen molar-refractivity contribution in [2.75, 3.05) is 11.9 Å². The Bertz CT molecular complexity index is 1120. The van der Waals surface area contributed by atoms with E-state index in [1.54, 1.807) is 18.4 Å². The Morgan fingerprint density at radius 3 is 2.81 bits per heavy atom. The largest absolute Gasteiger partial charge is 0.507 e. The number of carbonyl (C=O) groups is 1. The number of phenols is 1. The van der Waals surface area contributed by atoms with Gasteiger partial charge in [-0.25, -0.2) is 4.98 Å². The van der Waals surface area contributed by atoms with E-state index in [4.69, 9.17) is 10.2 Å². The van der Waals surface area contributed by atoms with Crippen molar-refractivity contribution < 1.29 is 14.3 Å². The lowest BCUT2D eigenvalue weighted by atomic mass is 10.1. The number of halogens is 1. The predicted molar refractivity (Wildman–Crippen MR) is 112 cm³/mol. The minimum Gasteiger partial charge on any atom is -0.507 e. The highest BCUT2D eigenvalue weighted by molar-refractivity contribution is 8.93. The van der Waals surface area contributed by atoms with Crippen LogP contribution in [-0.2, 0) is 0 Å². The minimum atomic E-state index is -0.676. The van der Waals surface area contributed by atoms with Crippen molar-refractivity contribution in [1.29, 1.82) is 0 Å². The number of carbonyl (C=O) groups excluding carboxylic acids is 1. The lowest BCUT2D eigenvalue weighted by Gasteiger charge is -2.15. The maximum Gasteiger partial charge on any atom is 0.252 e. The summed E-state index contributed by atoms with van der Waals surface area (Å²) in [5, 5.41) is 13.5. The third kappa shape index (κ3) is 3.54. The van der Waals surface area contributed by atoms with E-state index in [0.717, 1.165) is 27.4 Å². The number of benzene rings is 2. The zero-order chi connectivity index (χ0) is 18.3. The first-order chi connectivity index (χ1) is 12.5. The zero-order valence-corrected chi connectivity index (χ0v) is 16.8. The number of nitrogens with two attached hydrogens (primary N) is 1. The number of hydrogen-bond donors (Lipinski definition) is 2. The van der Waals surface area contributed by atoms with Gasteiger partial charge in [0.05, 0.1) is 17.5 Å². The summed E-state index contributed by atoms with van der Waals surface area (Å²) >= 11 is 1.49. The molecule has 138 valence electrons. The van der Waals surface area contributed by atoms with E-state index >= 15 is 0 Å². The Hall–Kier alpha value is -2.84. The lowest BCUT2D eigenvalue weighted by molar-refractivity contribution is 0.0998. The first-order valence-electron chi connectivity index (χ1n) is 7.82. The van der Waals surface area contributed by atoms with Crippen molar-refractivity contribution in [3.05, 3.63) is 59.7 Å². The van der Waals surface area contributed by atoms with Crippen LogP contribution >= 0.6 is 28.3 Å². The molecule has 0 saturated carbocycles. The third-order valence-corrected chi connectivity index (χ3v) is 5.08. The van der Waals surface area contributed by atoms with Crippen molar-refractivity contribution in [3.63, 3.8) is 0 Å². The van der Waals surface area contributed by atoms with Gasteiger partial charge in [-0.1, -0.05) is 0 Å². The van der Waals surface area contributed by atoms with Gasteiger partial charge in [-0.15, -0.1) is 28.3 Å². The molecule has 2 heterocycles. The average molecular weight is 446 g/mol. The summed E-state index contributed by atoms with van der Waals surface area (Å²) < 4.78 is 5.37. The number of fused-ring (bicyclic) bond motifs is 1. The molecule has 1 amide bonds. The van der Waals surface area contributed by atoms with Crippen molar-refractivity contribution in [3.8, 4) is 17.0 Å². The molecular weight excluding hydrogens is 430 g/mol. The summed E-state index contributed by atoms with van der Waals surface area (Å²) in [6.45, 7) is 0. The van der Waals surface area contributed by atoms with Crippen LogP contribution in [-0.4, -0.2) is 23.0 Å². The smallest absolute Gasteiger partial charge is 0.252 e. The van der Waals surface area contributed by atoms with Gasteiger partial charge in [0.25, 0.3) is 5.91 Å². The second-order valence-corrected chi connectivity index (χ2v) is 6.65. The third-order valence-electron chi connectivity index (χ3n) is 4.16. The standard InChI is InChI=1S/C19H15N3O3S.BrH/c1-22(13-3-5-17-12(8-13)6-7-25-17)19-21-15(10-26-19)11-2-4-16(23)14(9-11)18(20)24;/h2-10,23H,1H3,(H2,20,24);1H. The summed E-state index contributed by atoms with van der Waals surface area (Å²) in [4.78, 5) is 18.0. The van der Waals surface area contributed by atoms with Crippen molar-refractivity contribution >= 4 is 56.0 Å². The van der Waals surface area contributed by atoms with E-state index in [-0.39, 0.29) is 28.3 Å². The van der Waals surface area contributed by atoms with Crippen LogP contribution in [0.15, 0.2) is 58.5 Å². The maximum atomic E-state index is 11.4. The molecule has 0 aliphatic carbocycles.